The van der Waals surface area contributed by atoms with Crippen LogP contribution in [0.1, 0.15) is 13.8 Å². The number of thiazole rings is 1. The third-order valence-electron chi connectivity index (χ3n) is 3.83. The average molecular weight is 274 g/mol. The van der Waals surface area contributed by atoms with Crippen molar-refractivity contribution in [2.24, 2.45) is 11.8 Å². The van der Waals surface area contributed by atoms with Crippen LogP contribution in [0, 0.1) is 11.8 Å². The van der Waals surface area contributed by atoms with Crippen LogP contribution < -0.4 is 10.6 Å². The molecule has 1 aliphatic rings. The van der Waals surface area contributed by atoms with Crippen LogP contribution in [0.5, 0.6) is 0 Å². The summed E-state index contributed by atoms with van der Waals surface area (Å²) in [4.78, 5) is 11.2. The van der Waals surface area contributed by atoms with Crippen molar-refractivity contribution in [3.8, 4) is 10.6 Å². The van der Waals surface area contributed by atoms with Gasteiger partial charge in [-0.15, -0.1) is 11.3 Å². The number of nitrogens with two attached hydrogens (primary N) is 1. The van der Waals surface area contributed by atoms with E-state index in [1.807, 2.05) is 11.6 Å². The van der Waals surface area contributed by atoms with E-state index < -0.39 is 0 Å². The van der Waals surface area contributed by atoms with Gasteiger partial charge in [0.1, 0.15) is 16.6 Å². The number of hydrogen-bond donors (Lipinski definition) is 1. The molecule has 0 saturated carbocycles. The van der Waals surface area contributed by atoms with E-state index in [0.29, 0.717) is 5.82 Å². The molecular formula is C14H18N4S. The molecule has 0 aliphatic carbocycles. The summed E-state index contributed by atoms with van der Waals surface area (Å²) in [5.41, 5.74) is 6.68. The fraction of sp³-hybridized carbons (Fsp3) is 0.429. The van der Waals surface area contributed by atoms with Crippen LogP contribution in [0.3, 0.4) is 0 Å². The lowest BCUT2D eigenvalue weighted by Gasteiger charge is -2.16. The first-order valence-electron chi connectivity index (χ1n) is 6.56. The highest BCUT2D eigenvalue weighted by Gasteiger charge is 2.26. The molecule has 4 nitrogen and oxygen atoms in total. The molecule has 3 heterocycles. The molecule has 5 heteroatoms. The molecular weight excluding hydrogens is 256 g/mol. The summed E-state index contributed by atoms with van der Waals surface area (Å²) < 4.78 is 0. The van der Waals surface area contributed by atoms with Gasteiger partial charge in [-0.05, 0) is 24.0 Å². The number of aromatic nitrogens is 2. The first kappa shape index (κ1) is 12.4. The highest BCUT2D eigenvalue weighted by Crippen LogP contribution is 2.29. The van der Waals surface area contributed by atoms with Crippen LogP contribution >= 0.6 is 11.3 Å². The van der Waals surface area contributed by atoms with Crippen molar-refractivity contribution in [3.05, 3.63) is 23.7 Å². The van der Waals surface area contributed by atoms with Gasteiger partial charge in [0, 0.05) is 30.2 Å². The Bertz CT molecular complexity index is 553. The quantitative estimate of drug-likeness (QED) is 0.915. The first-order valence-corrected chi connectivity index (χ1v) is 7.44. The Balaban J connectivity index is 1.80. The van der Waals surface area contributed by atoms with E-state index in [1.165, 1.54) is 0 Å². The molecule has 1 aliphatic heterocycles. The molecule has 1 fully saturated rings. The molecule has 3 rings (SSSR count). The van der Waals surface area contributed by atoms with Gasteiger partial charge < -0.3 is 10.6 Å². The Morgan fingerprint density at radius 2 is 2.00 bits per heavy atom. The Morgan fingerprint density at radius 1 is 1.26 bits per heavy atom. The third-order valence-corrected chi connectivity index (χ3v) is 4.74. The van der Waals surface area contributed by atoms with E-state index in [4.69, 9.17) is 5.73 Å². The lowest BCUT2D eigenvalue weighted by Crippen LogP contribution is -2.20. The minimum atomic E-state index is 0.575. The number of rotatable bonds is 2. The standard InChI is InChI=1S/C14H18N4S/c1-9-6-18(7-10(9)2)13-4-3-11(5-16-13)14-17-12(15)8-19-14/h3-5,8-10H,6-7,15H2,1-2H3. The number of nitrogens with zero attached hydrogens (tertiary/aromatic N) is 3. The number of anilines is 2. The highest BCUT2D eigenvalue weighted by atomic mass is 32.1. The SMILES string of the molecule is CC1CN(c2ccc(-c3nc(N)cs3)cn2)CC1C. The van der Waals surface area contributed by atoms with Gasteiger partial charge in [-0.25, -0.2) is 9.97 Å². The molecule has 2 aromatic rings. The topological polar surface area (TPSA) is 55.0 Å². The molecule has 19 heavy (non-hydrogen) atoms. The first-order chi connectivity index (χ1) is 9.13. The Labute approximate surface area is 117 Å². The van der Waals surface area contributed by atoms with Gasteiger partial charge >= 0.3 is 0 Å². The van der Waals surface area contributed by atoms with Crippen molar-refractivity contribution in [3.63, 3.8) is 0 Å². The molecule has 0 radical (unpaired) electrons. The Kier molecular flexibility index (Phi) is 3.14. The summed E-state index contributed by atoms with van der Waals surface area (Å²) in [5.74, 6) is 3.11. The molecule has 2 unspecified atom stereocenters. The van der Waals surface area contributed by atoms with Gasteiger partial charge in [-0.3, -0.25) is 0 Å². The van der Waals surface area contributed by atoms with Crippen LogP contribution in [0.2, 0.25) is 0 Å². The number of hydrogen-bond acceptors (Lipinski definition) is 5. The second-order valence-electron chi connectivity index (χ2n) is 5.34. The fourth-order valence-corrected chi connectivity index (χ4v) is 3.14. The molecule has 2 aromatic heterocycles. The van der Waals surface area contributed by atoms with E-state index in [0.717, 1.165) is 41.3 Å². The minimum Gasteiger partial charge on any atom is -0.383 e. The lowest BCUT2D eigenvalue weighted by atomic mass is 10.0. The molecule has 0 spiro atoms. The molecule has 0 amide bonds. The van der Waals surface area contributed by atoms with Crippen molar-refractivity contribution in [1.29, 1.82) is 0 Å². The summed E-state index contributed by atoms with van der Waals surface area (Å²) in [6, 6.07) is 4.16. The maximum absolute atomic E-state index is 5.65. The summed E-state index contributed by atoms with van der Waals surface area (Å²) in [7, 11) is 0. The van der Waals surface area contributed by atoms with Crippen LogP contribution in [-0.4, -0.2) is 23.1 Å². The number of pyridine rings is 1. The number of nitrogen functional groups attached to an aromatic ring is 1. The fourth-order valence-electron chi connectivity index (χ4n) is 2.44. The zero-order valence-electron chi connectivity index (χ0n) is 11.2. The zero-order chi connectivity index (χ0) is 13.4. The summed E-state index contributed by atoms with van der Waals surface area (Å²) in [6.07, 6.45) is 1.89. The van der Waals surface area contributed by atoms with Gasteiger partial charge in [0.15, 0.2) is 0 Å². The van der Waals surface area contributed by atoms with Gasteiger partial charge in [0.25, 0.3) is 0 Å². The monoisotopic (exact) mass is 274 g/mol. The highest BCUT2D eigenvalue weighted by molar-refractivity contribution is 7.13. The van der Waals surface area contributed by atoms with Gasteiger partial charge in [0.05, 0.1) is 0 Å². The second kappa shape index (κ2) is 4.81. The normalized spacial score (nSPS) is 22.9. The molecule has 2 atom stereocenters. The van der Waals surface area contributed by atoms with E-state index >= 15 is 0 Å². The van der Waals surface area contributed by atoms with Crippen LogP contribution in [0.15, 0.2) is 23.7 Å². The minimum absolute atomic E-state index is 0.575. The largest absolute Gasteiger partial charge is 0.383 e. The van der Waals surface area contributed by atoms with Gasteiger partial charge in [-0.2, -0.15) is 0 Å². The Morgan fingerprint density at radius 3 is 2.53 bits per heavy atom. The van der Waals surface area contributed by atoms with Gasteiger partial charge in [0.2, 0.25) is 0 Å². The van der Waals surface area contributed by atoms with Gasteiger partial charge in [-0.1, -0.05) is 13.8 Å². The predicted octanol–water partition coefficient (Wildman–Crippen LogP) is 2.88. The average Bonchev–Trinajstić information content (AvgIpc) is 2.97. The van der Waals surface area contributed by atoms with Crippen LogP contribution in [0.25, 0.3) is 10.6 Å². The summed E-state index contributed by atoms with van der Waals surface area (Å²) >= 11 is 1.55. The predicted molar refractivity (Wildman–Crippen MR) is 80.3 cm³/mol. The molecule has 0 aromatic carbocycles. The van der Waals surface area contributed by atoms with Crippen molar-refractivity contribution >= 4 is 23.0 Å². The lowest BCUT2D eigenvalue weighted by molar-refractivity contribution is 0.494. The molecule has 1 saturated heterocycles. The van der Waals surface area contributed by atoms with Crippen molar-refractivity contribution in [2.75, 3.05) is 23.7 Å². The van der Waals surface area contributed by atoms with Crippen molar-refractivity contribution in [2.45, 2.75) is 13.8 Å². The second-order valence-corrected chi connectivity index (χ2v) is 6.20. The van der Waals surface area contributed by atoms with E-state index in [2.05, 4.69) is 40.8 Å². The van der Waals surface area contributed by atoms with Crippen LogP contribution in [-0.2, 0) is 0 Å². The summed E-state index contributed by atoms with van der Waals surface area (Å²) in [6.45, 7) is 6.80. The van der Waals surface area contributed by atoms with Crippen LogP contribution in [0.4, 0.5) is 11.6 Å². The Hall–Kier alpha value is -1.62. The zero-order valence-corrected chi connectivity index (χ0v) is 12.0. The van der Waals surface area contributed by atoms with E-state index in [-0.39, 0.29) is 0 Å². The van der Waals surface area contributed by atoms with E-state index in [9.17, 15) is 0 Å². The smallest absolute Gasteiger partial charge is 0.135 e. The summed E-state index contributed by atoms with van der Waals surface area (Å²) in [5, 5.41) is 2.78. The maximum Gasteiger partial charge on any atom is 0.135 e. The van der Waals surface area contributed by atoms with Crippen molar-refractivity contribution in [1.82, 2.24) is 9.97 Å². The third kappa shape index (κ3) is 2.42. The molecule has 2 N–H and O–H groups in total. The molecule has 0 bridgehead atoms. The van der Waals surface area contributed by atoms with Crippen molar-refractivity contribution < 1.29 is 0 Å². The molecule has 100 valence electrons. The maximum atomic E-state index is 5.65. The van der Waals surface area contributed by atoms with E-state index in [1.54, 1.807) is 11.3 Å².